The van der Waals surface area contributed by atoms with E-state index in [-0.39, 0.29) is 24.6 Å². The number of rotatable bonds is 7. The first kappa shape index (κ1) is 13.1. The fourth-order valence-corrected chi connectivity index (χ4v) is 2.38. The van der Waals surface area contributed by atoms with Crippen LogP contribution in [0.4, 0.5) is 0 Å². The van der Waals surface area contributed by atoms with Crippen LogP contribution < -0.4 is 0 Å². The van der Waals surface area contributed by atoms with Gasteiger partial charge in [-0.05, 0) is 31.2 Å². The molecule has 0 aliphatic carbocycles. The highest BCUT2D eigenvalue weighted by Gasteiger charge is 2.41. The summed E-state index contributed by atoms with van der Waals surface area (Å²) in [5.41, 5.74) is 1.19. The highest BCUT2D eigenvalue weighted by Crippen LogP contribution is 2.30. The maximum absolute atomic E-state index is 11.5. The number of hydrogen-bond donors (Lipinski definition) is 1. The third-order valence-electron chi connectivity index (χ3n) is 3.46. The summed E-state index contributed by atoms with van der Waals surface area (Å²) < 4.78 is 5.20. The number of carbonyl (C=O) groups excluding carboxylic acids is 1. The topological polar surface area (TPSA) is 46.5 Å². The van der Waals surface area contributed by atoms with Gasteiger partial charge in [-0.3, -0.25) is 4.79 Å². The predicted molar refractivity (Wildman–Crippen MR) is 69.1 cm³/mol. The number of carbonyl (C=O) groups is 1. The lowest BCUT2D eigenvalue weighted by Gasteiger charge is -2.35. The van der Waals surface area contributed by atoms with Crippen LogP contribution in [0.3, 0.4) is 0 Å². The van der Waals surface area contributed by atoms with Crippen LogP contribution in [0.1, 0.15) is 31.2 Å². The Kier molecular flexibility index (Phi) is 4.76. The zero-order valence-corrected chi connectivity index (χ0v) is 10.5. The first-order valence-corrected chi connectivity index (χ1v) is 6.66. The molecule has 0 saturated carbocycles. The zero-order valence-electron chi connectivity index (χ0n) is 10.5. The second-order valence-electron chi connectivity index (χ2n) is 4.84. The highest BCUT2D eigenvalue weighted by atomic mass is 16.6. The number of cyclic esters (lactones) is 1. The summed E-state index contributed by atoms with van der Waals surface area (Å²) in [5.74, 6) is -0.0347. The van der Waals surface area contributed by atoms with Crippen molar-refractivity contribution < 1.29 is 14.6 Å². The van der Waals surface area contributed by atoms with Crippen molar-refractivity contribution >= 4 is 5.97 Å². The van der Waals surface area contributed by atoms with Gasteiger partial charge in [-0.2, -0.15) is 0 Å². The molecule has 1 aliphatic rings. The van der Waals surface area contributed by atoms with Gasteiger partial charge < -0.3 is 9.84 Å². The smallest absolute Gasteiger partial charge is 0.313 e. The minimum absolute atomic E-state index is 0.0292. The Bertz CT molecular complexity index is 375. The summed E-state index contributed by atoms with van der Waals surface area (Å²) in [6.07, 6.45) is 4.64. The Labute approximate surface area is 108 Å². The Hall–Kier alpha value is -1.35. The van der Waals surface area contributed by atoms with Gasteiger partial charge in [0.2, 0.25) is 0 Å². The van der Waals surface area contributed by atoms with Crippen molar-refractivity contribution in [2.45, 2.75) is 38.2 Å². The molecule has 2 rings (SSSR count). The summed E-state index contributed by atoms with van der Waals surface area (Å²) in [6.45, 7) is 0.248. The molecule has 0 amide bonds. The van der Waals surface area contributed by atoms with Crippen molar-refractivity contribution in [2.75, 3.05) is 6.61 Å². The average molecular weight is 248 g/mol. The minimum Gasteiger partial charge on any atom is -0.461 e. The Morgan fingerprint density at radius 1 is 1.11 bits per heavy atom. The summed E-state index contributed by atoms with van der Waals surface area (Å²) in [5, 5.41) is 8.71. The van der Waals surface area contributed by atoms with E-state index in [0.29, 0.717) is 0 Å². The van der Waals surface area contributed by atoms with E-state index >= 15 is 0 Å². The molecule has 1 saturated heterocycles. The minimum atomic E-state index is -0.0639. The highest BCUT2D eigenvalue weighted by molar-refractivity contribution is 5.78. The Morgan fingerprint density at radius 2 is 1.89 bits per heavy atom. The van der Waals surface area contributed by atoms with E-state index in [0.717, 1.165) is 32.1 Å². The molecule has 2 atom stereocenters. The summed E-state index contributed by atoms with van der Waals surface area (Å²) in [7, 11) is 0. The lowest BCUT2D eigenvalue weighted by Crippen LogP contribution is -2.46. The van der Waals surface area contributed by atoms with E-state index < -0.39 is 0 Å². The van der Waals surface area contributed by atoms with E-state index in [1.54, 1.807) is 0 Å². The molecule has 18 heavy (non-hydrogen) atoms. The van der Waals surface area contributed by atoms with Crippen LogP contribution in [-0.4, -0.2) is 23.8 Å². The van der Waals surface area contributed by atoms with Crippen LogP contribution in [0.25, 0.3) is 0 Å². The van der Waals surface area contributed by atoms with E-state index in [9.17, 15) is 4.79 Å². The molecular weight excluding hydrogens is 228 g/mol. The quantitative estimate of drug-likeness (QED) is 0.595. The predicted octanol–water partition coefficient (Wildman–Crippen LogP) is 2.32. The Morgan fingerprint density at radius 3 is 2.56 bits per heavy atom. The van der Waals surface area contributed by atoms with E-state index in [4.69, 9.17) is 9.84 Å². The molecule has 3 heteroatoms. The molecule has 0 aromatic heterocycles. The SMILES string of the molecule is O=C1OC(CCCCCO)C1Cc1ccccc1. The number of benzene rings is 1. The largest absolute Gasteiger partial charge is 0.461 e. The molecule has 0 radical (unpaired) electrons. The van der Waals surface area contributed by atoms with Crippen LogP contribution in [0.5, 0.6) is 0 Å². The van der Waals surface area contributed by atoms with Crippen LogP contribution >= 0.6 is 0 Å². The lowest BCUT2D eigenvalue weighted by molar-refractivity contribution is -0.185. The summed E-state index contributed by atoms with van der Waals surface area (Å²) in [6, 6.07) is 10.1. The molecule has 1 aliphatic heterocycles. The fourth-order valence-electron chi connectivity index (χ4n) is 2.38. The van der Waals surface area contributed by atoms with E-state index in [2.05, 4.69) is 12.1 Å². The van der Waals surface area contributed by atoms with Crippen molar-refractivity contribution in [1.82, 2.24) is 0 Å². The molecule has 1 aromatic rings. The summed E-state index contributed by atoms with van der Waals surface area (Å²) >= 11 is 0. The van der Waals surface area contributed by atoms with Crippen LogP contribution in [0, 0.1) is 5.92 Å². The molecule has 98 valence electrons. The standard InChI is InChI=1S/C15H20O3/c16-10-6-2-5-9-14-13(15(17)18-14)11-12-7-3-1-4-8-12/h1,3-4,7-8,13-14,16H,2,5-6,9-11H2. The summed E-state index contributed by atoms with van der Waals surface area (Å²) in [4.78, 5) is 11.5. The number of ether oxygens (including phenoxy) is 1. The third kappa shape index (κ3) is 3.33. The maximum Gasteiger partial charge on any atom is 0.313 e. The van der Waals surface area contributed by atoms with Gasteiger partial charge in [0.15, 0.2) is 0 Å². The van der Waals surface area contributed by atoms with Crippen molar-refractivity contribution in [1.29, 1.82) is 0 Å². The normalized spacial score (nSPS) is 22.4. The van der Waals surface area contributed by atoms with Gasteiger partial charge in [-0.25, -0.2) is 0 Å². The van der Waals surface area contributed by atoms with E-state index in [1.807, 2.05) is 18.2 Å². The first-order chi connectivity index (χ1) is 8.81. The molecule has 1 fully saturated rings. The molecule has 3 nitrogen and oxygen atoms in total. The second kappa shape index (κ2) is 6.55. The van der Waals surface area contributed by atoms with Gasteiger partial charge in [0.1, 0.15) is 6.10 Å². The monoisotopic (exact) mass is 248 g/mol. The van der Waals surface area contributed by atoms with Gasteiger partial charge in [0.25, 0.3) is 0 Å². The van der Waals surface area contributed by atoms with Gasteiger partial charge in [0.05, 0.1) is 5.92 Å². The molecule has 1 N–H and O–H groups in total. The van der Waals surface area contributed by atoms with Crippen LogP contribution in [-0.2, 0) is 16.0 Å². The maximum atomic E-state index is 11.5. The molecule has 0 bridgehead atoms. The Balaban J connectivity index is 1.78. The van der Waals surface area contributed by atoms with Crippen molar-refractivity contribution in [3.05, 3.63) is 35.9 Å². The number of aliphatic hydroxyl groups excluding tert-OH is 1. The molecule has 2 unspecified atom stereocenters. The van der Waals surface area contributed by atoms with Gasteiger partial charge in [-0.15, -0.1) is 0 Å². The second-order valence-corrected chi connectivity index (χ2v) is 4.84. The van der Waals surface area contributed by atoms with Crippen molar-refractivity contribution in [2.24, 2.45) is 5.92 Å². The number of esters is 1. The molecular formula is C15H20O3. The third-order valence-corrected chi connectivity index (χ3v) is 3.46. The molecule has 1 aromatic carbocycles. The van der Waals surface area contributed by atoms with Crippen molar-refractivity contribution in [3.8, 4) is 0 Å². The van der Waals surface area contributed by atoms with Crippen LogP contribution in [0.15, 0.2) is 30.3 Å². The van der Waals surface area contributed by atoms with Crippen LogP contribution in [0.2, 0.25) is 0 Å². The number of hydrogen-bond acceptors (Lipinski definition) is 3. The van der Waals surface area contributed by atoms with Crippen molar-refractivity contribution in [3.63, 3.8) is 0 Å². The molecule has 1 heterocycles. The average Bonchev–Trinajstić information content (AvgIpc) is 2.41. The number of unbranched alkanes of at least 4 members (excludes halogenated alkanes) is 2. The fraction of sp³-hybridized carbons (Fsp3) is 0.533. The first-order valence-electron chi connectivity index (χ1n) is 6.66. The van der Waals surface area contributed by atoms with Gasteiger partial charge in [-0.1, -0.05) is 36.8 Å². The van der Waals surface area contributed by atoms with E-state index in [1.165, 1.54) is 5.56 Å². The van der Waals surface area contributed by atoms with Gasteiger partial charge in [0, 0.05) is 6.61 Å². The molecule has 0 spiro atoms. The van der Waals surface area contributed by atoms with Gasteiger partial charge >= 0.3 is 5.97 Å². The number of aliphatic hydroxyl groups is 1. The lowest BCUT2D eigenvalue weighted by atomic mass is 9.87. The zero-order chi connectivity index (χ0) is 12.8.